The van der Waals surface area contributed by atoms with E-state index in [2.05, 4.69) is 48.5 Å². The minimum Gasteiger partial charge on any atom is -0.373 e. The van der Waals surface area contributed by atoms with Crippen LogP contribution in [0.1, 0.15) is 33.3 Å². The minimum atomic E-state index is 1.02. The Kier molecular flexibility index (Phi) is 14.1. The standard InChI is InChI=1S/C11H18N2.2C2H6/c1-10-5-4-6-11(9-10)13(3)8-7-12-2;2*1-2/h4-6,9,12H,7-8H2,1-3H3;2*1-2H3. The van der Waals surface area contributed by atoms with Crippen molar-refractivity contribution >= 4 is 5.69 Å². The Labute approximate surface area is 108 Å². The number of nitrogens with zero attached hydrogens (tertiary/aromatic N) is 1. The van der Waals surface area contributed by atoms with Gasteiger partial charge in [-0.2, -0.15) is 0 Å². The molecule has 0 atom stereocenters. The van der Waals surface area contributed by atoms with Crippen molar-refractivity contribution in [3.05, 3.63) is 29.8 Å². The van der Waals surface area contributed by atoms with Gasteiger partial charge in [-0.3, -0.25) is 0 Å². The summed E-state index contributed by atoms with van der Waals surface area (Å²) in [5.74, 6) is 0. The molecule has 1 aromatic carbocycles. The molecule has 0 aliphatic carbocycles. The third kappa shape index (κ3) is 8.75. The quantitative estimate of drug-likeness (QED) is 0.860. The summed E-state index contributed by atoms with van der Waals surface area (Å²) < 4.78 is 0. The van der Waals surface area contributed by atoms with Crippen LogP contribution in [-0.2, 0) is 0 Å². The van der Waals surface area contributed by atoms with E-state index < -0.39 is 0 Å². The van der Waals surface area contributed by atoms with Crippen molar-refractivity contribution in [3.63, 3.8) is 0 Å². The molecule has 0 saturated carbocycles. The SMILES string of the molecule is CC.CC.CNCCN(C)c1cccc(C)c1. The molecule has 0 aromatic heterocycles. The summed E-state index contributed by atoms with van der Waals surface area (Å²) in [5.41, 5.74) is 2.60. The molecule has 0 heterocycles. The molecule has 1 rings (SSSR count). The number of benzene rings is 1. The van der Waals surface area contributed by atoms with Gasteiger partial charge in [0.05, 0.1) is 0 Å². The molecule has 0 aliphatic rings. The normalized spacial score (nSPS) is 8.41. The van der Waals surface area contributed by atoms with Gasteiger partial charge in [0.25, 0.3) is 0 Å². The Morgan fingerprint density at radius 3 is 2.18 bits per heavy atom. The second-order valence-corrected chi connectivity index (χ2v) is 3.36. The van der Waals surface area contributed by atoms with Gasteiger partial charge < -0.3 is 10.2 Å². The molecule has 1 N–H and O–H groups in total. The summed E-state index contributed by atoms with van der Waals surface area (Å²) >= 11 is 0. The van der Waals surface area contributed by atoms with E-state index in [1.54, 1.807) is 0 Å². The Hall–Kier alpha value is -1.02. The third-order valence-electron chi connectivity index (χ3n) is 2.14. The fraction of sp³-hybridized carbons (Fsp3) is 0.600. The monoisotopic (exact) mass is 238 g/mol. The van der Waals surface area contributed by atoms with Crippen molar-refractivity contribution < 1.29 is 0 Å². The molecule has 100 valence electrons. The number of likely N-dealkylation sites (N-methyl/N-ethyl adjacent to an activating group) is 2. The number of aryl methyl sites for hydroxylation is 1. The molecule has 0 amide bonds. The number of hydrogen-bond donors (Lipinski definition) is 1. The van der Waals surface area contributed by atoms with Gasteiger partial charge in [-0.25, -0.2) is 0 Å². The first-order chi connectivity index (χ1) is 8.24. The Morgan fingerprint density at radius 2 is 1.71 bits per heavy atom. The van der Waals surface area contributed by atoms with Crippen LogP contribution in [-0.4, -0.2) is 27.2 Å². The average molecular weight is 238 g/mol. The summed E-state index contributed by atoms with van der Waals surface area (Å²) in [7, 11) is 4.09. The number of nitrogens with one attached hydrogen (secondary N) is 1. The smallest absolute Gasteiger partial charge is 0.0366 e. The van der Waals surface area contributed by atoms with Crippen LogP contribution in [0.15, 0.2) is 24.3 Å². The molecular weight excluding hydrogens is 208 g/mol. The van der Waals surface area contributed by atoms with Crippen LogP contribution in [0, 0.1) is 6.92 Å². The van der Waals surface area contributed by atoms with Crippen LogP contribution in [0.4, 0.5) is 5.69 Å². The van der Waals surface area contributed by atoms with Crippen molar-refractivity contribution in [1.29, 1.82) is 0 Å². The molecule has 0 unspecified atom stereocenters. The fourth-order valence-electron chi connectivity index (χ4n) is 1.27. The maximum atomic E-state index is 3.14. The van der Waals surface area contributed by atoms with E-state index in [4.69, 9.17) is 0 Å². The average Bonchev–Trinajstić information content (AvgIpc) is 2.40. The van der Waals surface area contributed by atoms with E-state index >= 15 is 0 Å². The largest absolute Gasteiger partial charge is 0.373 e. The Morgan fingerprint density at radius 1 is 1.12 bits per heavy atom. The topological polar surface area (TPSA) is 15.3 Å². The molecule has 0 aliphatic heterocycles. The lowest BCUT2D eigenvalue weighted by Gasteiger charge is -2.19. The van der Waals surface area contributed by atoms with Gasteiger partial charge in [-0.1, -0.05) is 39.8 Å². The molecule has 1 aromatic rings. The zero-order chi connectivity index (χ0) is 13.7. The van der Waals surface area contributed by atoms with Crippen molar-refractivity contribution in [2.75, 3.05) is 32.1 Å². The first-order valence-corrected chi connectivity index (χ1v) is 6.66. The molecular formula is C15H30N2. The van der Waals surface area contributed by atoms with E-state index in [-0.39, 0.29) is 0 Å². The highest BCUT2D eigenvalue weighted by molar-refractivity contribution is 5.47. The van der Waals surface area contributed by atoms with Crippen molar-refractivity contribution in [2.24, 2.45) is 0 Å². The van der Waals surface area contributed by atoms with Crippen LogP contribution >= 0.6 is 0 Å². The van der Waals surface area contributed by atoms with Crippen molar-refractivity contribution in [3.8, 4) is 0 Å². The molecule has 0 bridgehead atoms. The van der Waals surface area contributed by atoms with Crippen LogP contribution in [0.3, 0.4) is 0 Å². The lowest BCUT2D eigenvalue weighted by Crippen LogP contribution is -2.26. The van der Waals surface area contributed by atoms with Gasteiger partial charge in [0, 0.05) is 25.8 Å². The highest BCUT2D eigenvalue weighted by Gasteiger charge is 1.98. The summed E-state index contributed by atoms with van der Waals surface area (Å²) in [6.07, 6.45) is 0. The van der Waals surface area contributed by atoms with Crippen LogP contribution in [0.5, 0.6) is 0 Å². The predicted octanol–water partition coefficient (Wildman–Crippen LogP) is 3.70. The predicted molar refractivity (Wildman–Crippen MR) is 81.1 cm³/mol. The molecule has 0 fully saturated rings. The number of rotatable bonds is 4. The second kappa shape index (κ2) is 13.0. The van der Waals surface area contributed by atoms with Gasteiger partial charge in [0.15, 0.2) is 0 Å². The van der Waals surface area contributed by atoms with Crippen molar-refractivity contribution in [2.45, 2.75) is 34.6 Å². The number of hydrogen-bond acceptors (Lipinski definition) is 2. The van der Waals surface area contributed by atoms with E-state index in [0.717, 1.165) is 13.1 Å². The second-order valence-electron chi connectivity index (χ2n) is 3.36. The zero-order valence-corrected chi connectivity index (χ0v) is 12.7. The Balaban J connectivity index is 0. The van der Waals surface area contributed by atoms with E-state index in [0.29, 0.717) is 0 Å². The zero-order valence-electron chi connectivity index (χ0n) is 12.7. The summed E-state index contributed by atoms with van der Waals surface area (Å²) in [6.45, 7) is 12.2. The molecule has 2 nitrogen and oxygen atoms in total. The number of anilines is 1. The maximum absolute atomic E-state index is 3.14. The first-order valence-electron chi connectivity index (χ1n) is 6.66. The molecule has 2 heteroatoms. The summed E-state index contributed by atoms with van der Waals surface area (Å²) in [5, 5.41) is 3.14. The van der Waals surface area contributed by atoms with Crippen LogP contribution in [0.25, 0.3) is 0 Å². The van der Waals surface area contributed by atoms with Crippen LogP contribution in [0.2, 0.25) is 0 Å². The highest BCUT2D eigenvalue weighted by atomic mass is 15.1. The highest BCUT2D eigenvalue weighted by Crippen LogP contribution is 2.13. The molecule has 0 radical (unpaired) electrons. The molecule has 17 heavy (non-hydrogen) atoms. The van der Waals surface area contributed by atoms with Crippen molar-refractivity contribution in [1.82, 2.24) is 5.32 Å². The van der Waals surface area contributed by atoms with E-state index in [1.165, 1.54) is 11.3 Å². The van der Waals surface area contributed by atoms with Gasteiger partial charge in [0.2, 0.25) is 0 Å². The van der Waals surface area contributed by atoms with E-state index in [9.17, 15) is 0 Å². The molecule has 0 spiro atoms. The minimum absolute atomic E-state index is 1.02. The maximum Gasteiger partial charge on any atom is 0.0366 e. The van der Waals surface area contributed by atoms with Gasteiger partial charge in [-0.05, 0) is 31.7 Å². The van der Waals surface area contributed by atoms with Gasteiger partial charge in [0.1, 0.15) is 0 Å². The summed E-state index contributed by atoms with van der Waals surface area (Å²) in [4.78, 5) is 2.25. The molecule has 0 saturated heterocycles. The van der Waals surface area contributed by atoms with Gasteiger partial charge in [-0.15, -0.1) is 0 Å². The Bertz CT molecular complexity index is 259. The first kappa shape index (κ1) is 18.3. The fourth-order valence-corrected chi connectivity index (χ4v) is 1.27. The summed E-state index contributed by atoms with van der Waals surface area (Å²) in [6, 6.07) is 8.56. The third-order valence-corrected chi connectivity index (χ3v) is 2.14. The lowest BCUT2D eigenvalue weighted by atomic mass is 10.2. The van der Waals surface area contributed by atoms with Crippen LogP contribution < -0.4 is 10.2 Å². The van der Waals surface area contributed by atoms with Gasteiger partial charge >= 0.3 is 0 Å². The van der Waals surface area contributed by atoms with E-state index in [1.807, 2.05) is 34.7 Å². The lowest BCUT2D eigenvalue weighted by molar-refractivity contribution is 0.767.